The molecule has 3 aromatic carbocycles. The molecule has 0 saturated carbocycles. The largest absolute Gasteiger partial charge is 0.496 e. The molecule has 6 nitrogen and oxygen atoms in total. The second-order valence-electron chi connectivity index (χ2n) is 7.02. The first-order chi connectivity index (χ1) is 16.4. The molecule has 0 heterocycles. The zero-order chi connectivity index (χ0) is 24.5. The highest BCUT2D eigenvalue weighted by atomic mass is 35.5. The molecule has 0 fully saturated rings. The topological polar surface area (TPSA) is 80.6 Å². The third kappa shape index (κ3) is 6.67. The van der Waals surface area contributed by atoms with Crippen molar-refractivity contribution in [3.8, 4) is 23.3 Å². The van der Waals surface area contributed by atoms with Crippen molar-refractivity contribution in [2.45, 2.75) is 13.5 Å². The summed E-state index contributed by atoms with van der Waals surface area (Å²) in [6.45, 7) is 2.62. The summed E-state index contributed by atoms with van der Waals surface area (Å²) in [7, 11) is 1.54. The molecular weight excluding hydrogens is 475 g/mol. The van der Waals surface area contributed by atoms with Crippen LogP contribution < -0.4 is 19.5 Å². The number of rotatable bonds is 9. The smallest absolute Gasteiger partial charge is 0.266 e. The van der Waals surface area contributed by atoms with Crippen LogP contribution in [0.5, 0.6) is 17.2 Å². The lowest BCUT2D eigenvalue weighted by molar-refractivity contribution is -0.112. The van der Waals surface area contributed by atoms with Crippen molar-refractivity contribution in [1.82, 2.24) is 0 Å². The Morgan fingerprint density at radius 2 is 1.82 bits per heavy atom. The third-order valence-corrected chi connectivity index (χ3v) is 5.41. The Labute approximate surface area is 208 Å². The predicted molar refractivity (Wildman–Crippen MR) is 134 cm³/mol. The van der Waals surface area contributed by atoms with E-state index in [1.165, 1.54) is 13.2 Å². The summed E-state index contributed by atoms with van der Waals surface area (Å²) in [6, 6.07) is 19.2. The number of anilines is 1. The summed E-state index contributed by atoms with van der Waals surface area (Å²) in [5.41, 5.74) is 1.89. The van der Waals surface area contributed by atoms with E-state index >= 15 is 0 Å². The zero-order valence-corrected chi connectivity index (χ0v) is 20.1. The van der Waals surface area contributed by atoms with E-state index in [4.69, 9.17) is 37.4 Å². The zero-order valence-electron chi connectivity index (χ0n) is 18.6. The number of methoxy groups -OCH3 is 1. The van der Waals surface area contributed by atoms with Gasteiger partial charge < -0.3 is 19.5 Å². The number of hydrogen-bond donors (Lipinski definition) is 1. The van der Waals surface area contributed by atoms with Gasteiger partial charge in [0.15, 0.2) is 0 Å². The Kier molecular flexibility index (Phi) is 8.80. The molecule has 34 heavy (non-hydrogen) atoms. The average molecular weight is 497 g/mol. The van der Waals surface area contributed by atoms with Gasteiger partial charge in [0, 0.05) is 23.4 Å². The Hall–Kier alpha value is -3.66. The summed E-state index contributed by atoms with van der Waals surface area (Å²) >= 11 is 12.0. The maximum absolute atomic E-state index is 12.6. The maximum Gasteiger partial charge on any atom is 0.266 e. The van der Waals surface area contributed by atoms with Gasteiger partial charge in [-0.15, -0.1) is 0 Å². The molecular formula is C26H22Cl2N2O4. The van der Waals surface area contributed by atoms with Gasteiger partial charge in [0.1, 0.15) is 35.5 Å². The number of amides is 1. The number of nitriles is 1. The highest BCUT2D eigenvalue weighted by molar-refractivity contribution is 6.42. The molecule has 0 aromatic heterocycles. The van der Waals surface area contributed by atoms with Crippen LogP contribution in [0.1, 0.15) is 18.1 Å². The van der Waals surface area contributed by atoms with Crippen LogP contribution in [0.3, 0.4) is 0 Å². The van der Waals surface area contributed by atoms with Crippen molar-refractivity contribution in [2.75, 3.05) is 19.0 Å². The number of benzene rings is 3. The van der Waals surface area contributed by atoms with Crippen molar-refractivity contribution < 1.29 is 19.0 Å². The Morgan fingerprint density at radius 3 is 2.53 bits per heavy atom. The van der Waals surface area contributed by atoms with Crippen molar-refractivity contribution in [3.63, 3.8) is 0 Å². The van der Waals surface area contributed by atoms with Crippen LogP contribution in [-0.4, -0.2) is 19.6 Å². The van der Waals surface area contributed by atoms with E-state index in [0.717, 1.165) is 5.56 Å². The Balaban J connectivity index is 1.74. The number of carbonyl (C=O) groups excluding carboxylic acids is 1. The van der Waals surface area contributed by atoms with Crippen LogP contribution in [0.4, 0.5) is 5.69 Å². The number of nitrogens with zero attached hydrogens (tertiary/aromatic N) is 1. The lowest BCUT2D eigenvalue weighted by Gasteiger charge is -2.12. The van der Waals surface area contributed by atoms with Crippen molar-refractivity contribution in [3.05, 3.63) is 87.4 Å². The summed E-state index contributed by atoms with van der Waals surface area (Å²) in [5, 5.41) is 13.1. The van der Waals surface area contributed by atoms with Gasteiger partial charge in [-0.2, -0.15) is 5.26 Å². The molecule has 174 valence electrons. The van der Waals surface area contributed by atoms with Crippen molar-refractivity contribution in [2.24, 2.45) is 0 Å². The molecule has 0 spiro atoms. The van der Waals surface area contributed by atoms with E-state index in [2.05, 4.69) is 5.32 Å². The molecule has 3 aromatic rings. The molecule has 0 aliphatic heterocycles. The molecule has 0 atom stereocenters. The second-order valence-corrected chi connectivity index (χ2v) is 7.84. The molecule has 1 N–H and O–H groups in total. The van der Waals surface area contributed by atoms with E-state index in [-0.39, 0.29) is 12.2 Å². The number of nitrogens with one attached hydrogen (secondary N) is 1. The molecule has 3 rings (SSSR count). The van der Waals surface area contributed by atoms with Gasteiger partial charge in [0.05, 0.1) is 23.8 Å². The lowest BCUT2D eigenvalue weighted by Crippen LogP contribution is -2.13. The van der Waals surface area contributed by atoms with Gasteiger partial charge >= 0.3 is 0 Å². The molecule has 8 heteroatoms. The predicted octanol–water partition coefficient (Wildman–Crippen LogP) is 6.53. The number of carbonyl (C=O) groups is 1. The van der Waals surface area contributed by atoms with Crippen LogP contribution in [0, 0.1) is 11.3 Å². The molecule has 0 radical (unpaired) electrons. The lowest BCUT2D eigenvalue weighted by atomic mass is 10.1. The number of hydrogen-bond acceptors (Lipinski definition) is 5. The summed E-state index contributed by atoms with van der Waals surface area (Å²) < 4.78 is 16.7. The minimum absolute atomic E-state index is 0.0522. The Bertz CT molecular complexity index is 1250. The van der Waals surface area contributed by atoms with Crippen molar-refractivity contribution in [1.29, 1.82) is 5.26 Å². The molecule has 0 aliphatic carbocycles. The maximum atomic E-state index is 12.6. The fourth-order valence-corrected chi connectivity index (χ4v) is 3.33. The van der Waals surface area contributed by atoms with Crippen molar-refractivity contribution >= 4 is 40.9 Å². The summed E-state index contributed by atoms with van der Waals surface area (Å²) in [4.78, 5) is 12.6. The van der Waals surface area contributed by atoms with Gasteiger partial charge in [-0.3, -0.25) is 4.79 Å². The SMILES string of the molecule is CCOc1cccc(NC(=O)/C(C#N)=C/c2ccc(COc3ccc(Cl)c(Cl)c3)c(OC)c2)c1. The second kappa shape index (κ2) is 12.0. The third-order valence-electron chi connectivity index (χ3n) is 4.68. The standard InChI is InChI=1S/C26H22Cl2N2O4/c1-3-33-21-6-4-5-20(13-21)30-26(31)19(15-29)11-17-7-8-18(25(12-17)32-2)16-34-22-9-10-23(27)24(28)14-22/h4-14H,3,16H2,1-2H3,(H,30,31)/b19-11+. The van der Waals surface area contributed by atoms with Crippen LogP contribution in [0.25, 0.3) is 6.08 Å². The van der Waals surface area contributed by atoms with Gasteiger partial charge in [0.2, 0.25) is 0 Å². The molecule has 0 bridgehead atoms. The summed E-state index contributed by atoms with van der Waals surface area (Å²) in [5.74, 6) is 1.22. The number of halogens is 2. The first kappa shape index (κ1) is 25.0. The van der Waals surface area contributed by atoms with Crippen LogP contribution >= 0.6 is 23.2 Å². The quantitative estimate of drug-likeness (QED) is 0.269. The monoisotopic (exact) mass is 496 g/mol. The highest BCUT2D eigenvalue weighted by Crippen LogP contribution is 2.28. The van der Waals surface area contributed by atoms with Gasteiger partial charge in [0.25, 0.3) is 5.91 Å². The first-order valence-corrected chi connectivity index (χ1v) is 11.1. The first-order valence-electron chi connectivity index (χ1n) is 10.3. The van der Waals surface area contributed by atoms with E-state index in [0.29, 0.717) is 45.2 Å². The molecule has 0 saturated heterocycles. The van der Waals surface area contributed by atoms with E-state index in [1.807, 2.05) is 13.0 Å². The van der Waals surface area contributed by atoms with Crippen LogP contribution in [0.2, 0.25) is 10.0 Å². The molecule has 0 aliphatic rings. The van der Waals surface area contributed by atoms with E-state index in [1.54, 1.807) is 60.7 Å². The fourth-order valence-electron chi connectivity index (χ4n) is 3.04. The fraction of sp³-hybridized carbons (Fsp3) is 0.154. The summed E-state index contributed by atoms with van der Waals surface area (Å²) in [6.07, 6.45) is 1.49. The minimum Gasteiger partial charge on any atom is -0.496 e. The normalized spacial score (nSPS) is 10.9. The Morgan fingerprint density at radius 1 is 1.03 bits per heavy atom. The highest BCUT2D eigenvalue weighted by Gasteiger charge is 2.12. The van der Waals surface area contributed by atoms with Gasteiger partial charge in [-0.1, -0.05) is 41.4 Å². The molecule has 0 unspecified atom stereocenters. The van der Waals surface area contributed by atoms with Gasteiger partial charge in [-0.05, 0) is 48.9 Å². The average Bonchev–Trinajstić information content (AvgIpc) is 2.84. The molecule has 1 amide bonds. The number of ether oxygens (including phenoxy) is 3. The van der Waals surface area contributed by atoms with Crippen LogP contribution in [0.15, 0.2) is 66.2 Å². The van der Waals surface area contributed by atoms with E-state index in [9.17, 15) is 10.1 Å². The van der Waals surface area contributed by atoms with Crippen LogP contribution in [-0.2, 0) is 11.4 Å². The van der Waals surface area contributed by atoms with E-state index < -0.39 is 5.91 Å². The minimum atomic E-state index is -0.526. The van der Waals surface area contributed by atoms with Gasteiger partial charge in [-0.25, -0.2) is 0 Å².